The number of nitrogens with one attached hydrogen (secondary N) is 1. The van der Waals surface area contributed by atoms with Crippen LogP contribution in [-0.4, -0.2) is 30.8 Å². The molecule has 3 nitrogen and oxygen atoms in total. The maximum Gasteiger partial charge on any atom is 0.0700 e. The second-order valence-electron chi connectivity index (χ2n) is 3.94. The van der Waals surface area contributed by atoms with Crippen molar-refractivity contribution in [1.29, 1.82) is 0 Å². The van der Waals surface area contributed by atoms with Crippen molar-refractivity contribution in [1.82, 2.24) is 10.3 Å². The molecule has 0 radical (unpaired) electrons. The lowest BCUT2D eigenvalue weighted by atomic mass is 10.1. The van der Waals surface area contributed by atoms with Gasteiger partial charge in [-0.25, -0.2) is 0 Å². The van der Waals surface area contributed by atoms with E-state index in [2.05, 4.69) is 10.3 Å². The first kappa shape index (κ1) is 10.6. The molecule has 1 fully saturated rings. The van der Waals surface area contributed by atoms with E-state index in [1.54, 1.807) is 0 Å². The lowest BCUT2D eigenvalue weighted by molar-refractivity contribution is 0.0390. The quantitative estimate of drug-likeness (QED) is 0.808. The Bertz CT molecular complexity index is 270. The zero-order valence-electron chi connectivity index (χ0n) is 8.98. The Labute approximate surface area is 90.9 Å². The molecule has 0 bridgehead atoms. The number of pyridine rings is 1. The Balaban J connectivity index is 1.66. The third-order valence-corrected chi connectivity index (χ3v) is 2.75. The molecular formula is C12H18N2O. The Morgan fingerprint density at radius 1 is 1.40 bits per heavy atom. The molecule has 1 aromatic heterocycles. The van der Waals surface area contributed by atoms with Crippen molar-refractivity contribution in [2.75, 3.05) is 19.7 Å². The molecule has 0 aliphatic carbocycles. The van der Waals surface area contributed by atoms with Crippen LogP contribution in [0.5, 0.6) is 0 Å². The van der Waals surface area contributed by atoms with Gasteiger partial charge < -0.3 is 10.1 Å². The Kier molecular flexibility index (Phi) is 4.11. The van der Waals surface area contributed by atoms with Crippen LogP contribution < -0.4 is 5.32 Å². The molecule has 1 aromatic rings. The molecule has 15 heavy (non-hydrogen) atoms. The number of nitrogens with zero attached hydrogens (tertiary/aromatic N) is 1. The summed E-state index contributed by atoms with van der Waals surface area (Å²) in [4.78, 5) is 3.99. The summed E-state index contributed by atoms with van der Waals surface area (Å²) in [6.07, 6.45) is 7.50. The van der Waals surface area contributed by atoms with Crippen LogP contribution in [0.3, 0.4) is 0 Å². The average molecular weight is 206 g/mol. The number of hydrogen-bond acceptors (Lipinski definition) is 3. The van der Waals surface area contributed by atoms with Crippen LogP contribution in [0.2, 0.25) is 0 Å². The van der Waals surface area contributed by atoms with Crippen LogP contribution in [-0.2, 0) is 11.2 Å². The highest BCUT2D eigenvalue weighted by molar-refractivity contribution is 5.09. The predicted octanol–water partition coefficient (Wildman–Crippen LogP) is 1.39. The first-order valence-corrected chi connectivity index (χ1v) is 5.66. The molecule has 0 saturated carbocycles. The highest BCUT2D eigenvalue weighted by Crippen LogP contribution is 2.07. The topological polar surface area (TPSA) is 34.1 Å². The van der Waals surface area contributed by atoms with E-state index in [-0.39, 0.29) is 0 Å². The van der Waals surface area contributed by atoms with Crippen LogP contribution >= 0.6 is 0 Å². The maximum absolute atomic E-state index is 5.80. The molecule has 1 N–H and O–H groups in total. The first-order chi connectivity index (χ1) is 7.45. The lowest BCUT2D eigenvalue weighted by Gasteiger charge is -2.22. The van der Waals surface area contributed by atoms with Crippen LogP contribution in [0.15, 0.2) is 24.5 Å². The molecule has 82 valence electrons. The first-order valence-electron chi connectivity index (χ1n) is 5.66. The lowest BCUT2D eigenvalue weighted by Crippen LogP contribution is -2.35. The highest BCUT2D eigenvalue weighted by atomic mass is 16.5. The molecule has 1 atom stereocenters. The summed E-state index contributed by atoms with van der Waals surface area (Å²) in [6, 6.07) is 4.09. The van der Waals surface area contributed by atoms with Gasteiger partial charge in [0.2, 0.25) is 0 Å². The molecule has 1 aliphatic heterocycles. The van der Waals surface area contributed by atoms with Gasteiger partial charge in [0.25, 0.3) is 0 Å². The van der Waals surface area contributed by atoms with E-state index in [4.69, 9.17) is 4.74 Å². The smallest absolute Gasteiger partial charge is 0.0700 e. The number of hydrogen-bond donors (Lipinski definition) is 1. The normalized spacial score (nSPS) is 21.5. The zero-order chi connectivity index (χ0) is 10.3. The van der Waals surface area contributed by atoms with E-state index < -0.39 is 0 Å². The summed E-state index contributed by atoms with van der Waals surface area (Å²) in [5, 5.41) is 3.35. The predicted molar refractivity (Wildman–Crippen MR) is 59.8 cm³/mol. The number of rotatable bonds is 4. The maximum atomic E-state index is 5.80. The molecule has 1 aliphatic rings. The van der Waals surface area contributed by atoms with Gasteiger partial charge in [0.1, 0.15) is 0 Å². The summed E-state index contributed by atoms with van der Waals surface area (Å²) >= 11 is 0. The Morgan fingerprint density at radius 2 is 2.27 bits per heavy atom. The molecular weight excluding hydrogens is 188 g/mol. The van der Waals surface area contributed by atoms with Crippen molar-refractivity contribution >= 4 is 0 Å². The average Bonchev–Trinajstić information content (AvgIpc) is 2.32. The van der Waals surface area contributed by atoms with E-state index in [0.717, 1.165) is 26.1 Å². The fourth-order valence-corrected chi connectivity index (χ4v) is 1.86. The summed E-state index contributed by atoms with van der Waals surface area (Å²) in [7, 11) is 0. The van der Waals surface area contributed by atoms with Crippen molar-refractivity contribution in [2.24, 2.45) is 0 Å². The zero-order valence-corrected chi connectivity index (χ0v) is 8.98. The van der Waals surface area contributed by atoms with Gasteiger partial charge in [-0.05, 0) is 43.5 Å². The van der Waals surface area contributed by atoms with Crippen molar-refractivity contribution < 1.29 is 4.74 Å². The van der Waals surface area contributed by atoms with Crippen molar-refractivity contribution in [2.45, 2.75) is 25.4 Å². The van der Waals surface area contributed by atoms with Crippen molar-refractivity contribution in [3.8, 4) is 0 Å². The third-order valence-electron chi connectivity index (χ3n) is 2.75. The van der Waals surface area contributed by atoms with E-state index in [0.29, 0.717) is 6.10 Å². The second-order valence-corrected chi connectivity index (χ2v) is 3.94. The highest BCUT2D eigenvalue weighted by Gasteiger charge is 2.12. The standard InChI is InChI=1S/C12H18N2O/c1-2-12(10-14-6-1)15-9-5-11-3-7-13-8-4-11/h3-4,7-8,12,14H,1-2,5-6,9-10H2. The fourth-order valence-electron chi connectivity index (χ4n) is 1.86. The van der Waals surface area contributed by atoms with Gasteiger partial charge in [-0.1, -0.05) is 0 Å². The Morgan fingerprint density at radius 3 is 3.00 bits per heavy atom. The summed E-state index contributed by atoms with van der Waals surface area (Å²) in [6.45, 7) is 2.97. The molecule has 0 aromatic carbocycles. The van der Waals surface area contributed by atoms with E-state index in [9.17, 15) is 0 Å². The number of piperidine rings is 1. The Hall–Kier alpha value is -0.930. The summed E-state index contributed by atoms with van der Waals surface area (Å²) in [5.41, 5.74) is 1.30. The van der Waals surface area contributed by atoms with Gasteiger partial charge in [0.05, 0.1) is 12.7 Å². The minimum atomic E-state index is 0.417. The minimum Gasteiger partial charge on any atom is -0.377 e. The fraction of sp³-hybridized carbons (Fsp3) is 0.583. The summed E-state index contributed by atoms with van der Waals surface area (Å²) < 4.78 is 5.80. The van der Waals surface area contributed by atoms with Crippen LogP contribution in [0.1, 0.15) is 18.4 Å². The second kappa shape index (κ2) is 5.83. The molecule has 2 heterocycles. The minimum absolute atomic E-state index is 0.417. The molecule has 3 heteroatoms. The van der Waals surface area contributed by atoms with Crippen LogP contribution in [0.25, 0.3) is 0 Å². The molecule has 2 rings (SSSR count). The molecule has 0 amide bonds. The molecule has 1 unspecified atom stereocenters. The number of ether oxygens (including phenoxy) is 1. The SMILES string of the molecule is c1cc(CCOC2CCCNC2)ccn1. The summed E-state index contributed by atoms with van der Waals surface area (Å²) in [5.74, 6) is 0. The van der Waals surface area contributed by atoms with Gasteiger partial charge in [0.15, 0.2) is 0 Å². The van der Waals surface area contributed by atoms with Gasteiger partial charge >= 0.3 is 0 Å². The molecule has 1 saturated heterocycles. The van der Waals surface area contributed by atoms with E-state index in [1.165, 1.54) is 18.4 Å². The van der Waals surface area contributed by atoms with Crippen LogP contribution in [0.4, 0.5) is 0 Å². The largest absolute Gasteiger partial charge is 0.377 e. The van der Waals surface area contributed by atoms with Gasteiger partial charge in [0, 0.05) is 18.9 Å². The number of aromatic nitrogens is 1. The van der Waals surface area contributed by atoms with Crippen molar-refractivity contribution in [3.63, 3.8) is 0 Å². The van der Waals surface area contributed by atoms with Gasteiger partial charge in [-0.2, -0.15) is 0 Å². The van der Waals surface area contributed by atoms with Crippen molar-refractivity contribution in [3.05, 3.63) is 30.1 Å². The van der Waals surface area contributed by atoms with Gasteiger partial charge in [-0.15, -0.1) is 0 Å². The molecule has 0 spiro atoms. The van der Waals surface area contributed by atoms with E-state index >= 15 is 0 Å². The van der Waals surface area contributed by atoms with Crippen LogP contribution in [0, 0.1) is 0 Å². The van der Waals surface area contributed by atoms with Gasteiger partial charge in [-0.3, -0.25) is 4.98 Å². The van der Waals surface area contributed by atoms with E-state index in [1.807, 2.05) is 24.5 Å². The monoisotopic (exact) mass is 206 g/mol. The third kappa shape index (κ3) is 3.61.